The number of nitrogens with zero attached hydrogens (tertiary/aromatic N) is 2. The molecule has 0 aliphatic heterocycles. The molecule has 0 saturated carbocycles. The van der Waals surface area contributed by atoms with Gasteiger partial charge >= 0.3 is 0 Å². The van der Waals surface area contributed by atoms with Crippen LogP contribution in [0.2, 0.25) is 0 Å². The van der Waals surface area contributed by atoms with Crippen molar-refractivity contribution in [2.75, 3.05) is 6.54 Å². The summed E-state index contributed by atoms with van der Waals surface area (Å²) in [4.78, 5) is 17.4. The Labute approximate surface area is 158 Å². The molecule has 0 bridgehead atoms. The molecule has 0 aliphatic rings. The fourth-order valence-electron chi connectivity index (χ4n) is 2.26. The molecule has 0 atom stereocenters. The van der Waals surface area contributed by atoms with Gasteiger partial charge in [0.25, 0.3) is 0 Å². The Morgan fingerprint density at radius 3 is 2.85 bits per heavy atom. The van der Waals surface area contributed by atoms with Crippen molar-refractivity contribution in [1.82, 2.24) is 25.6 Å². The number of imidazole rings is 1. The number of rotatable bonds is 5. The van der Waals surface area contributed by atoms with E-state index in [1.54, 1.807) is 18.2 Å². The van der Waals surface area contributed by atoms with Gasteiger partial charge in [-0.15, -0.1) is 17.9 Å². The van der Waals surface area contributed by atoms with Crippen molar-refractivity contribution in [3.8, 4) is 11.3 Å². The van der Waals surface area contributed by atoms with E-state index < -0.39 is 0 Å². The highest BCUT2D eigenvalue weighted by Crippen LogP contribution is 2.24. The van der Waals surface area contributed by atoms with Crippen LogP contribution >= 0.6 is 23.6 Å². The Bertz CT molecular complexity index is 948. The summed E-state index contributed by atoms with van der Waals surface area (Å²) >= 11 is 6.44. The summed E-state index contributed by atoms with van der Waals surface area (Å²) in [6.07, 6.45) is 3.66. The lowest BCUT2D eigenvalue weighted by Crippen LogP contribution is -2.47. The molecule has 1 aromatic carbocycles. The first kappa shape index (κ1) is 18.0. The fraction of sp³-hybridized carbons (Fsp3) is 0.118. The Morgan fingerprint density at radius 2 is 2.12 bits per heavy atom. The van der Waals surface area contributed by atoms with Crippen molar-refractivity contribution in [2.45, 2.75) is 6.42 Å². The summed E-state index contributed by atoms with van der Waals surface area (Å²) in [5.41, 5.74) is 7.52. The Hall–Kier alpha value is -2.78. The van der Waals surface area contributed by atoms with Gasteiger partial charge in [-0.1, -0.05) is 6.08 Å². The molecule has 0 unspecified atom stereocenters. The molecule has 3 N–H and O–H groups in total. The zero-order valence-corrected chi connectivity index (χ0v) is 15.3. The first-order valence-corrected chi connectivity index (χ1v) is 9.00. The average Bonchev–Trinajstić information content (AvgIpc) is 3.21. The van der Waals surface area contributed by atoms with Crippen LogP contribution in [0.4, 0.5) is 4.39 Å². The van der Waals surface area contributed by atoms with Crippen molar-refractivity contribution in [2.24, 2.45) is 0 Å². The van der Waals surface area contributed by atoms with E-state index in [-0.39, 0.29) is 18.1 Å². The lowest BCUT2D eigenvalue weighted by molar-refractivity contribution is -0.121. The number of amides is 1. The molecule has 1 amide bonds. The van der Waals surface area contributed by atoms with Crippen molar-refractivity contribution < 1.29 is 9.18 Å². The van der Waals surface area contributed by atoms with Gasteiger partial charge in [-0.3, -0.25) is 20.0 Å². The standard InChI is InChI=1S/C17H16FN5OS2/c1-2-7-19-16(25)22-21-15(24)8-13-10-26-17-20-14(9-23(13)17)11-3-5-12(18)6-4-11/h2-6,9-10H,1,7-8H2,(H,21,24)(H2,19,22,25). The van der Waals surface area contributed by atoms with Gasteiger partial charge in [0.1, 0.15) is 5.82 Å². The molecule has 6 nitrogen and oxygen atoms in total. The summed E-state index contributed by atoms with van der Waals surface area (Å²) in [5.74, 6) is -0.524. The minimum Gasteiger partial charge on any atom is -0.358 e. The van der Waals surface area contributed by atoms with Gasteiger partial charge in [0.2, 0.25) is 5.91 Å². The molecule has 2 aromatic heterocycles. The highest BCUT2D eigenvalue weighted by atomic mass is 32.1. The SMILES string of the molecule is C=CCNC(=S)NNC(=O)Cc1csc2nc(-c3ccc(F)cc3)cn12. The predicted octanol–water partition coefficient (Wildman–Crippen LogP) is 2.43. The van der Waals surface area contributed by atoms with Crippen LogP contribution in [0.25, 0.3) is 16.2 Å². The van der Waals surface area contributed by atoms with Crippen LogP contribution in [0, 0.1) is 5.82 Å². The quantitative estimate of drug-likeness (QED) is 0.355. The van der Waals surface area contributed by atoms with Crippen LogP contribution in [0.15, 0.2) is 48.5 Å². The number of nitrogens with one attached hydrogen (secondary N) is 3. The van der Waals surface area contributed by atoms with Gasteiger partial charge in [0, 0.05) is 29.4 Å². The molecule has 0 radical (unpaired) electrons. The molecule has 3 aromatic rings. The van der Waals surface area contributed by atoms with E-state index >= 15 is 0 Å². The highest BCUT2D eigenvalue weighted by molar-refractivity contribution is 7.80. The third kappa shape index (κ3) is 4.24. The van der Waals surface area contributed by atoms with E-state index in [1.807, 2.05) is 16.0 Å². The number of hydrogen-bond acceptors (Lipinski definition) is 4. The second-order valence-corrected chi connectivity index (χ2v) is 6.61. The van der Waals surface area contributed by atoms with Gasteiger partial charge in [-0.2, -0.15) is 0 Å². The van der Waals surface area contributed by atoms with Gasteiger partial charge in [0.15, 0.2) is 10.1 Å². The van der Waals surface area contributed by atoms with Crippen molar-refractivity contribution >= 4 is 39.5 Å². The van der Waals surface area contributed by atoms with E-state index in [2.05, 4.69) is 27.7 Å². The Balaban J connectivity index is 1.67. The van der Waals surface area contributed by atoms with Crippen molar-refractivity contribution in [3.63, 3.8) is 0 Å². The van der Waals surface area contributed by atoms with Gasteiger partial charge in [-0.25, -0.2) is 9.37 Å². The van der Waals surface area contributed by atoms with Crippen LogP contribution in [-0.2, 0) is 11.2 Å². The second-order valence-electron chi connectivity index (χ2n) is 5.36. The molecule has 0 saturated heterocycles. The summed E-state index contributed by atoms with van der Waals surface area (Å²) in [7, 11) is 0. The van der Waals surface area contributed by atoms with Crippen LogP contribution < -0.4 is 16.2 Å². The molecule has 0 fully saturated rings. The lowest BCUT2D eigenvalue weighted by atomic mass is 10.2. The van der Waals surface area contributed by atoms with E-state index in [0.717, 1.165) is 21.9 Å². The van der Waals surface area contributed by atoms with Crippen molar-refractivity contribution in [3.05, 3.63) is 60.0 Å². The molecular weight excluding hydrogens is 373 g/mol. The molecule has 26 heavy (non-hydrogen) atoms. The fourth-order valence-corrected chi connectivity index (χ4v) is 3.27. The van der Waals surface area contributed by atoms with Crippen molar-refractivity contribution in [1.29, 1.82) is 0 Å². The summed E-state index contributed by atoms with van der Waals surface area (Å²) < 4.78 is 14.9. The number of aromatic nitrogens is 2. The number of hydrazine groups is 1. The largest absolute Gasteiger partial charge is 0.358 e. The van der Waals surface area contributed by atoms with E-state index in [1.165, 1.54) is 23.5 Å². The topological polar surface area (TPSA) is 70.5 Å². The van der Waals surface area contributed by atoms with Gasteiger partial charge in [0.05, 0.1) is 12.1 Å². The van der Waals surface area contributed by atoms with Crippen LogP contribution in [0.5, 0.6) is 0 Å². The molecule has 9 heteroatoms. The smallest absolute Gasteiger partial charge is 0.244 e. The van der Waals surface area contributed by atoms with Gasteiger partial charge in [-0.05, 0) is 36.5 Å². The van der Waals surface area contributed by atoms with E-state index in [4.69, 9.17) is 12.2 Å². The number of thiazole rings is 1. The molecular formula is C17H16FN5OS2. The van der Waals surface area contributed by atoms with Crippen LogP contribution in [0.1, 0.15) is 5.69 Å². The number of hydrogen-bond donors (Lipinski definition) is 3. The third-order valence-corrected chi connectivity index (χ3v) is 4.62. The number of benzene rings is 1. The number of halogens is 1. The highest BCUT2D eigenvalue weighted by Gasteiger charge is 2.12. The maximum atomic E-state index is 13.1. The average molecular weight is 389 g/mol. The first-order chi connectivity index (χ1) is 12.6. The minimum atomic E-state index is -0.292. The summed E-state index contributed by atoms with van der Waals surface area (Å²) in [6, 6.07) is 6.14. The normalized spacial score (nSPS) is 10.5. The van der Waals surface area contributed by atoms with E-state index in [0.29, 0.717) is 11.7 Å². The molecule has 0 aliphatic carbocycles. The molecule has 0 spiro atoms. The minimum absolute atomic E-state index is 0.163. The second kappa shape index (κ2) is 8.07. The zero-order valence-electron chi connectivity index (χ0n) is 13.7. The number of thiocarbonyl (C=S) groups is 1. The molecule has 134 valence electrons. The predicted molar refractivity (Wildman–Crippen MR) is 104 cm³/mol. The van der Waals surface area contributed by atoms with Gasteiger partial charge < -0.3 is 5.32 Å². The maximum absolute atomic E-state index is 13.1. The maximum Gasteiger partial charge on any atom is 0.244 e. The van der Waals surface area contributed by atoms with Crippen LogP contribution in [0.3, 0.4) is 0 Å². The monoisotopic (exact) mass is 389 g/mol. The number of carbonyl (C=O) groups excluding carboxylic acids is 1. The summed E-state index contributed by atoms with van der Waals surface area (Å²) in [6.45, 7) is 4.08. The zero-order chi connectivity index (χ0) is 18.5. The Morgan fingerprint density at radius 1 is 1.35 bits per heavy atom. The number of fused-ring (bicyclic) bond motifs is 1. The molecule has 3 rings (SSSR count). The Kier molecular flexibility index (Phi) is 5.59. The van der Waals surface area contributed by atoms with Crippen LogP contribution in [-0.4, -0.2) is 26.9 Å². The van der Waals surface area contributed by atoms with E-state index in [9.17, 15) is 9.18 Å². The first-order valence-electron chi connectivity index (χ1n) is 7.72. The molecule has 2 heterocycles. The lowest BCUT2D eigenvalue weighted by Gasteiger charge is -2.09. The summed E-state index contributed by atoms with van der Waals surface area (Å²) in [5, 5.41) is 5.04. The third-order valence-electron chi connectivity index (χ3n) is 3.49. The number of carbonyl (C=O) groups is 1.